The fourth-order valence-corrected chi connectivity index (χ4v) is 1.74. The second-order valence-corrected chi connectivity index (χ2v) is 4.59. The van der Waals surface area contributed by atoms with Crippen molar-refractivity contribution in [2.75, 3.05) is 6.61 Å². The number of Topliss-reactive ketones (excluding diaryl/α,β-unsaturated/α-hetero) is 1. The van der Waals surface area contributed by atoms with Gasteiger partial charge in [0.25, 0.3) is 0 Å². The van der Waals surface area contributed by atoms with Crippen molar-refractivity contribution >= 4 is 11.8 Å². The molecule has 0 aliphatic rings. The van der Waals surface area contributed by atoms with Crippen molar-refractivity contribution in [1.29, 1.82) is 0 Å². The standard InChI is InChI=1S/C14H24F2O3/c1-3-5-6-7-8-9-10-11-12(17)14(15,16)13(18)19-4-2/h3-11H2,1-2H3. The Balaban J connectivity index is 3.81. The number of alkyl halides is 2. The molecule has 0 aromatic heterocycles. The van der Waals surface area contributed by atoms with E-state index in [1.807, 2.05) is 0 Å². The lowest BCUT2D eigenvalue weighted by Gasteiger charge is -2.13. The van der Waals surface area contributed by atoms with Crippen LogP contribution in [0.2, 0.25) is 0 Å². The van der Waals surface area contributed by atoms with Gasteiger partial charge in [-0.25, -0.2) is 4.79 Å². The molecule has 0 atom stereocenters. The summed E-state index contributed by atoms with van der Waals surface area (Å²) in [5, 5.41) is 0. The molecule has 0 aliphatic carbocycles. The summed E-state index contributed by atoms with van der Waals surface area (Å²) in [5.74, 6) is -7.06. The highest BCUT2D eigenvalue weighted by Gasteiger charge is 2.47. The lowest BCUT2D eigenvalue weighted by molar-refractivity contribution is -0.176. The van der Waals surface area contributed by atoms with Gasteiger partial charge in [-0.05, 0) is 13.3 Å². The van der Waals surface area contributed by atoms with Crippen LogP contribution in [0.25, 0.3) is 0 Å². The molecule has 0 amide bonds. The molecule has 0 radical (unpaired) electrons. The number of carbonyl (C=O) groups excluding carboxylic acids is 2. The highest BCUT2D eigenvalue weighted by molar-refractivity contribution is 6.05. The SMILES string of the molecule is CCCCCCCCCC(=O)C(F)(F)C(=O)OCC. The van der Waals surface area contributed by atoms with Crippen LogP contribution in [0.4, 0.5) is 8.78 Å². The Morgan fingerprint density at radius 3 is 2.00 bits per heavy atom. The summed E-state index contributed by atoms with van der Waals surface area (Å²) in [5.41, 5.74) is 0. The van der Waals surface area contributed by atoms with Crippen molar-refractivity contribution < 1.29 is 23.1 Å². The molecule has 0 unspecified atom stereocenters. The molecule has 0 N–H and O–H groups in total. The van der Waals surface area contributed by atoms with Gasteiger partial charge in [-0.3, -0.25) is 4.79 Å². The topological polar surface area (TPSA) is 43.4 Å². The van der Waals surface area contributed by atoms with Crippen molar-refractivity contribution in [3.05, 3.63) is 0 Å². The smallest absolute Gasteiger partial charge is 0.399 e. The van der Waals surface area contributed by atoms with Gasteiger partial charge in [0.1, 0.15) is 0 Å². The Bertz CT molecular complexity index is 278. The summed E-state index contributed by atoms with van der Waals surface area (Å²) >= 11 is 0. The zero-order valence-electron chi connectivity index (χ0n) is 11.8. The fourth-order valence-electron chi connectivity index (χ4n) is 1.74. The molecule has 0 aromatic rings. The van der Waals surface area contributed by atoms with Crippen LogP contribution in [-0.4, -0.2) is 24.3 Å². The molecule has 0 bridgehead atoms. The van der Waals surface area contributed by atoms with Gasteiger partial charge in [0.15, 0.2) is 0 Å². The van der Waals surface area contributed by atoms with Crippen LogP contribution in [0, 0.1) is 0 Å². The lowest BCUT2D eigenvalue weighted by atomic mass is 10.0. The normalized spacial score (nSPS) is 11.4. The molecule has 0 heterocycles. The van der Waals surface area contributed by atoms with Gasteiger partial charge in [0.05, 0.1) is 6.61 Å². The third kappa shape index (κ3) is 7.23. The average molecular weight is 278 g/mol. The van der Waals surface area contributed by atoms with E-state index in [0.717, 1.165) is 32.1 Å². The molecular formula is C14H24F2O3. The van der Waals surface area contributed by atoms with E-state index in [2.05, 4.69) is 11.7 Å². The molecule has 19 heavy (non-hydrogen) atoms. The van der Waals surface area contributed by atoms with Crippen LogP contribution < -0.4 is 0 Å². The van der Waals surface area contributed by atoms with E-state index in [-0.39, 0.29) is 13.0 Å². The number of ether oxygens (including phenoxy) is 1. The molecule has 0 fully saturated rings. The van der Waals surface area contributed by atoms with Crippen LogP contribution in [0.1, 0.15) is 65.2 Å². The number of ketones is 1. The van der Waals surface area contributed by atoms with E-state index in [0.29, 0.717) is 6.42 Å². The maximum atomic E-state index is 13.2. The number of unbranched alkanes of at least 4 members (excludes halogenated alkanes) is 6. The number of carbonyl (C=O) groups is 2. The van der Waals surface area contributed by atoms with Crippen molar-refractivity contribution in [1.82, 2.24) is 0 Å². The summed E-state index contributed by atoms with van der Waals surface area (Å²) in [7, 11) is 0. The number of halogens is 2. The molecule has 0 saturated carbocycles. The predicted molar refractivity (Wildman–Crippen MR) is 69.2 cm³/mol. The summed E-state index contributed by atoms with van der Waals surface area (Å²) in [6.45, 7) is 3.39. The molecule has 0 spiro atoms. The summed E-state index contributed by atoms with van der Waals surface area (Å²) in [6, 6.07) is 0. The van der Waals surface area contributed by atoms with E-state index in [9.17, 15) is 18.4 Å². The quantitative estimate of drug-likeness (QED) is 0.327. The molecule has 0 aliphatic heterocycles. The van der Waals surface area contributed by atoms with E-state index in [4.69, 9.17) is 0 Å². The maximum absolute atomic E-state index is 13.2. The van der Waals surface area contributed by atoms with Gasteiger partial charge >= 0.3 is 11.9 Å². The van der Waals surface area contributed by atoms with Gasteiger partial charge in [-0.15, -0.1) is 0 Å². The number of hydrogen-bond donors (Lipinski definition) is 0. The molecular weight excluding hydrogens is 254 g/mol. The lowest BCUT2D eigenvalue weighted by Crippen LogP contribution is -2.39. The van der Waals surface area contributed by atoms with Crippen molar-refractivity contribution in [2.45, 2.75) is 71.1 Å². The first-order chi connectivity index (χ1) is 8.96. The summed E-state index contributed by atoms with van der Waals surface area (Å²) < 4.78 is 30.7. The van der Waals surface area contributed by atoms with Gasteiger partial charge in [-0.2, -0.15) is 8.78 Å². The first-order valence-electron chi connectivity index (χ1n) is 7.05. The Kier molecular flexibility index (Phi) is 9.35. The third-order valence-corrected chi connectivity index (χ3v) is 2.89. The van der Waals surface area contributed by atoms with Gasteiger partial charge < -0.3 is 4.74 Å². The molecule has 0 aromatic carbocycles. The maximum Gasteiger partial charge on any atom is 0.399 e. The molecule has 0 saturated heterocycles. The average Bonchev–Trinajstić information content (AvgIpc) is 2.37. The number of rotatable bonds is 11. The minimum atomic E-state index is -3.99. The van der Waals surface area contributed by atoms with E-state index in [1.54, 1.807) is 0 Å². The minimum Gasteiger partial charge on any atom is -0.461 e. The van der Waals surface area contributed by atoms with E-state index in [1.165, 1.54) is 13.3 Å². The van der Waals surface area contributed by atoms with Gasteiger partial charge in [-0.1, -0.05) is 45.4 Å². The van der Waals surface area contributed by atoms with E-state index < -0.39 is 17.7 Å². The summed E-state index contributed by atoms with van der Waals surface area (Å²) in [6.07, 6.45) is 6.37. The molecule has 3 nitrogen and oxygen atoms in total. The van der Waals surface area contributed by atoms with E-state index >= 15 is 0 Å². The van der Waals surface area contributed by atoms with Crippen LogP contribution in [0.5, 0.6) is 0 Å². The first-order valence-corrected chi connectivity index (χ1v) is 7.05. The highest BCUT2D eigenvalue weighted by Crippen LogP contribution is 2.20. The van der Waals surface area contributed by atoms with Crippen LogP contribution in [0.15, 0.2) is 0 Å². The van der Waals surface area contributed by atoms with Crippen LogP contribution in [0.3, 0.4) is 0 Å². The van der Waals surface area contributed by atoms with Crippen LogP contribution >= 0.6 is 0 Å². The zero-order valence-corrected chi connectivity index (χ0v) is 11.8. The Morgan fingerprint density at radius 1 is 0.947 bits per heavy atom. The van der Waals surface area contributed by atoms with Crippen molar-refractivity contribution in [2.24, 2.45) is 0 Å². The minimum absolute atomic E-state index is 0.154. The number of hydrogen-bond acceptors (Lipinski definition) is 3. The zero-order chi connectivity index (χ0) is 14.7. The highest BCUT2D eigenvalue weighted by atomic mass is 19.3. The van der Waals surface area contributed by atoms with Crippen molar-refractivity contribution in [3.8, 4) is 0 Å². The largest absolute Gasteiger partial charge is 0.461 e. The molecule has 5 heteroatoms. The Hall–Kier alpha value is -1.00. The molecule has 112 valence electrons. The van der Waals surface area contributed by atoms with Gasteiger partial charge in [0.2, 0.25) is 5.78 Å². The van der Waals surface area contributed by atoms with Crippen molar-refractivity contribution in [3.63, 3.8) is 0 Å². The third-order valence-electron chi connectivity index (χ3n) is 2.89. The Morgan fingerprint density at radius 2 is 1.47 bits per heavy atom. The van der Waals surface area contributed by atoms with Crippen LogP contribution in [-0.2, 0) is 14.3 Å². The summed E-state index contributed by atoms with van der Waals surface area (Å²) in [4.78, 5) is 22.2. The van der Waals surface area contributed by atoms with Gasteiger partial charge in [0, 0.05) is 6.42 Å². The molecule has 0 rings (SSSR count). The Labute approximate surface area is 113 Å². The second kappa shape index (κ2) is 9.87. The predicted octanol–water partition coefficient (Wildman–Crippen LogP) is 3.89. The number of esters is 1. The fraction of sp³-hybridized carbons (Fsp3) is 0.857. The second-order valence-electron chi connectivity index (χ2n) is 4.59. The monoisotopic (exact) mass is 278 g/mol. The first kappa shape index (κ1) is 18.0.